The summed E-state index contributed by atoms with van der Waals surface area (Å²) in [4.78, 5) is 36.3. The molecule has 2 amide bonds. The molecule has 3 atom stereocenters. The highest BCUT2D eigenvalue weighted by Crippen LogP contribution is 2.37. The second kappa shape index (κ2) is 8.26. The van der Waals surface area contributed by atoms with Gasteiger partial charge in [-0.3, -0.25) is 24.5 Å². The molecule has 2 aromatic rings. The number of rotatable bonds is 6. The lowest BCUT2D eigenvalue weighted by Crippen LogP contribution is -2.59. The van der Waals surface area contributed by atoms with Gasteiger partial charge in [0.2, 0.25) is 5.91 Å². The van der Waals surface area contributed by atoms with Gasteiger partial charge in [-0.05, 0) is 24.1 Å². The molecule has 0 spiro atoms. The van der Waals surface area contributed by atoms with E-state index in [9.17, 15) is 27.6 Å². The van der Waals surface area contributed by atoms with Gasteiger partial charge in [-0.15, -0.1) is 0 Å². The molecule has 12 heteroatoms. The molecule has 0 saturated heterocycles. The summed E-state index contributed by atoms with van der Waals surface area (Å²) in [6, 6.07) is 4.84. The molecule has 2 aliphatic rings. The van der Waals surface area contributed by atoms with Gasteiger partial charge < -0.3 is 11.1 Å². The van der Waals surface area contributed by atoms with E-state index >= 15 is 0 Å². The lowest BCUT2D eigenvalue weighted by atomic mass is 10.1. The van der Waals surface area contributed by atoms with E-state index in [1.165, 1.54) is 34.2 Å². The highest BCUT2D eigenvalue weighted by atomic mass is 19.4. The Bertz CT molecular complexity index is 1140. The number of amides is 2. The fraction of sp³-hybridized carbons (Fsp3) is 0.333. The summed E-state index contributed by atoms with van der Waals surface area (Å²) >= 11 is 0. The predicted octanol–water partition coefficient (Wildman–Crippen LogP) is 1.38. The number of ketones is 1. The van der Waals surface area contributed by atoms with Crippen LogP contribution in [0.25, 0.3) is 0 Å². The number of carbonyl (C=O) groups is 3. The largest absolute Gasteiger partial charge is 0.416 e. The Hall–Kier alpha value is -3.83. The second-order valence-electron chi connectivity index (χ2n) is 8.06. The highest BCUT2D eigenvalue weighted by Gasteiger charge is 2.47. The van der Waals surface area contributed by atoms with Crippen molar-refractivity contribution in [3.63, 3.8) is 0 Å². The van der Waals surface area contributed by atoms with Crippen molar-refractivity contribution in [1.82, 2.24) is 25.5 Å². The van der Waals surface area contributed by atoms with E-state index in [1.807, 2.05) is 0 Å². The van der Waals surface area contributed by atoms with Crippen LogP contribution in [-0.2, 0) is 22.3 Å². The zero-order valence-corrected chi connectivity index (χ0v) is 17.5. The summed E-state index contributed by atoms with van der Waals surface area (Å²) < 4.78 is 40.1. The van der Waals surface area contributed by atoms with Crippen molar-refractivity contribution in [2.75, 3.05) is 0 Å². The first-order valence-electron chi connectivity index (χ1n) is 10.1. The number of nitrogens with zero attached hydrogens (tertiary/aromatic N) is 3. The van der Waals surface area contributed by atoms with Crippen LogP contribution < -0.4 is 16.5 Å². The number of nitrogens with two attached hydrogens (primary N) is 1. The third-order valence-corrected chi connectivity index (χ3v) is 5.68. The Morgan fingerprint density at radius 2 is 2.03 bits per heavy atom. The first-order valence-corrected chi connectivity index (χ1v) is 10.1. The average Bonchev–Trinajstić information content (AvgIpc) is 3.11. The standard InChI is InChI=1S/C21H21F3N6O3/c1-11-15(19(11)32)6-17-27-18(31)7-16(25)30(17)28-20(33)13-8-26-29(10-13)9-12-3-2-4-14(5-12)21(22,23)24/h2-5,7-8,10-11,15,17H,6,9,25H2,1H3,(H,27,31)(H,28,33). The monoisotopic (exact) mass is 462 g/mol. The first kappa shape index (κ1) is 22.4. The number of alkyl halides is 3. The van der Waals surface area contributed by atoms with Crippen molar-refractivity contribution in [3.8, 4) is 0 Å². The summed E-state index contributed by atoms with van der Waals surface area (Å²) in [7, 11) is 0. The van der Waals surface area contributed by atoms with Crippen molar-refractivity contribution < 1.29 is 27.6 Å². The predicted molar refractivity (Wildman–Crippen MR) is 109 cm³/mol. The van der Waals surface area contributed by atoms with E-state index in [2.05, 4.69) is 15.8 Å². The van der Waals surface area contributed by atoms with Crippen molar-refractivity contribution in [3.05, 3.63) is 65.2 Å². The normalized spacial score (nSPS) is 22.6. The summed E-state index contributed by atoms with van der Waals surface area (Å²) in [5, 5.41) is 8.00. The van der Waals surface area contributed by atoms with Gasteiger partial charge in [0.25, 0.3) is 5.91 Å². The first-order chi connectivity index (χ1) is 15.5. The fourth-order valence-corrected chi connectivity index (χ4v) is 3.73. The molecule has 1 saturated carbocycles. The van der Waals surface area contributed by atoms with Crippen LogP contribution in [0.5, 0.6) is 0 Å². The quantitative estimate of drug-likeness (QED) is 0.596. The Labute approximate surface area is 186 Å². The van der Waals surface area contributed by atoms with Crippen LogP contribution in [-0.4, -0.2) is 38.6 Å². The molecule has 9 nitrogen and oxygen atoms in total. The molecule has 4 N–H and O–H groups in total. The lowest BCUT2D eigenvalue weighted by Gasteiger charge is -2.36. The van der Waals surface area contributed by atoms with Gasteiger partial charge in [-0.1, -0.05) is 19.1 Å². The smallest absolute Gasteiger partial charge is 0.384 e. The number of halogens is 3. The number of nitrogens with one attached hydrogen (secondary N) is 2. The van der Waals surface area contributed by atoms with Crippen molar-refractivity contribution in [2.24, 2.45) is 17.6 Å². The molecular formula is C21H21F3N6O3. The van der Waals surface area contributed by atoms with Gasteiger partial charge in [0.05, 0.1) is 23.9 Å². The average molecular weight is 462 g/mol. The molecule has 0 bridgehead atoms. The van der Waals surface area contributed by atoms with E-state index < -0.39 is 29.7 Å². The molecule has 3 unspecified atom stereocenters. The number of aromatic nitrogens is 2. The van der Waals surface area contributed by atoms with Gasteiger partial charge >= 0.3 is 6.18 Å². The highest BCUT2D eigenvalue weighted by molar-refractivity contribution is 5.99. The Balaban J connectivity index is 1.45. The van der Waals surface area contributed by atoms with Crippen LogP contribution in [0.15, 0.2) is 48.6 Å². The molecular weight excluding hydrogens is 441 g/mol. The molecule has 0 radical (unpaired) electrons. The topological polar surface area (TPSA) is 122 Å². The minimum Gasteiger partial charge on any atom is -0.384 e. The lowest BCUT2D eigenvalue weighted by molar-refractivity contribution is -0.137. The molecule has 174 valence electrons. The fourth-order valence-electron chi connectivity index (χ4n) is 3.73. The number of hydrogen-bond acceptors (Lipinski definition) is 6. The molecule has 4 rings (SSSR count). The van der Waals surface area contributed by atoms with Crippen molar-refractivity contribution in [1.29, 1.82) is 0 Å². The summed E-state index contributed by atoms with van der Waals surface area (Å²) in [6.45, 7) is 1.82. The summed E-state index contributed by atoms with van der Waals surface area (Å²) in [5.74, 6) is -1.26. The van der Waals surface area contributed by atoms with E-state index in [0.717, 1.165) is 18.2 Å². The van der Waals surface area contributed by atoms with Gasteiger partial charge in [-0.2, -0.15) is 18.3 Å². The number of Topliss-reactive ketones (excluding diaryl/α,β-unsaturated/α-hetero) is 1. The van der Waals surface area contributed by atoms with Gasteiger partial charge in [0, 0.05) is 24.1 Å². The Morgan fingerprint density at radius 3 is 2.70 bits per heavy atom. The molecule has 1 aromatic carbocycles. The van der Waals surface area contributed by atoms with E-state index in [4.69, 9.17) is 5.73 Å². The van der Waals surface area contributed by atoms with Crippen LogP contribution in [0.1, 0.15) is 34.8 Å². The maximum absolute atomic E-state index is 12.9. The molecule has 2 heterocycles. The maximum Gasteiger partial charge on any atom is 0.416 e. The summed E-state index contributed by atoms with van der Waals surface area (Å²) in [5.41, 5.74) is 8.26. The van der Waals surface area contributed by atoms with Crippen LogP contribution in [0, 0.1) is 11.8 Å². The minimum atomic E-state index is -4.46. The van der Waals surface area contributed by atoms with Crippen LogP contribution in [0.2, 0.25) is 0 Å². The minimum absolute atomic E-state index is 0.00853. The summed E-state index contributed by atoms with van der Waals surface area (Å²) in [6.07, 6.45) is -1.10. The van der Waals surface area contributed by atoms with Crippen molar-refractivity contribution >= 4 is 17.6 Å². The van der Waals surface area contributed by atoms with E-state index in [1.54, 1.807) is 6.92 Å². The number of hydrazine groups is 1. The second-order valence-corrected chi connectivity index (χ2v) is 8.06. The van der Waals surface area contributed by atoms with Gasteiger partial charge in [0.15, 0.2) is 0 Å². The van der Waals surface area contributed by atoms with Crippen LogP contribution in [0.4, 0.5) is 13.2 Å². The third kappa shape index (κ3) is 4.83. The zero-order valence-electron chi connectivity index (χ0n) is 17.5. The van der Waals surface area contributed by atoms with E-state index in [-0.39, 0.29) is 42.0 Å². The van der Waals surface area contributed by atoms with E-state index in [0.29, 0.717) is 5.56 Å². The van der Waals surface area contributed by atoms with Crippen LogP contribution in [0.3, 0.4) is 0 Å². The third-order valence-electron chi connectivity index (χ3n) is 5.68. The molecule has 1 fully saturated rings. The molecule has 1 aliphatic heterocycles. The molecule has 1 aromatic heterocycles. The number of benzene rings is 1. The number of hydrogen-bond donors (Lipinski definition) is 3. The van der Waals surface area contributed by atoms with Crippen LogP contribution >= 0.6 is 0 Å². The Morgan fingerprint density at radius 1 is 1.30 bits per heavy atom. The van der Waals surface area contributed by atoms with Gasteiger partial charge in [0.1, 0.15) is 17.8 Å². The molecule has 33 heavy (non-hydrogen) atoms. The zero-order chi connectivity index (χ0) is 23.9. The Kier molecular flexibility index (Phi) is 5.60. The van der Waals surface area contributed by atoms with Gasteiger partial charge in [-0.25, -0.2) is 5.01 Å². The number of carbonyl (C=O) groups excluding carboxylic acids is 3. The SMILES string of the molecule is CC1C(=O)C1CC1NC(=O)C=C(N)N1NC(=O)c1cnn(Cc2cccc(C(F)(F)F)c2)c1. The van der Waals surface area contributed by atoms with Crippen molar-refractivity contribution in [2.45, 2.75) is 32.2 Å². The molecule has 1 aliphatic carbocycles. The maximum atomic E-state index is 12.9.